The molecule has 1 heterocycles. The molecule has 0 amide bonds. The minimum absolute atomic E-state index is 0.0740. The lowest BCUT2D eigenvalue weighted by Crippen LogP contribution is -2.18. The maximum Gasteiger partial charge on any atom is 0.0808 e. The molecule has 0 aliphatic carbocycles. The molecule has 1 rings (SSSR count). The van der Waals surface area contributed by atoms with Gasteiger partial charge >= 0.3 is 0 Å². The number of hydrogen-bond acceptors (Lipinski definition) is 2. The fraction of sp³-hybridized carbons (Fsp3) is 0.750. The first kappa shape index (κ1) is 7.76. The highest BCUT2D eigenvalue weighted by Crippen LogP contribution is 2.06. The predicted octanol–water partition coefficient (Wildman–Crippen LogP) is 1.10. The van der Waals surface area contributed by atoms with Gasteiger partial charge < -0.3 is 9.84 Å². The van der Waals surface area contributed by atoms with Gasteiger partial charge in [0.05, 0.1) is 19.3 Å². The molecule has 0 aromatic rings. The summed E-state index contributed by atoms with van der Waals surface area (Å²) in [6.45, 7) is 0.912. The third-order valence-corrected chi connectivity index (χ3v) is 1.66. The molecule has 10 heavy (non-hydrogen) atoms. The van der Waals surface area contributed by atoms with Crippen LogP contribution in [0.2, 0.25) is 0 Å². The third kappa shape index (κ3) is 2.50. The van der Waals surface area contributed by atoms with Gasteiger partial charge in [-0.05, 0) is 19.3 Å². The second-order valence-corrected chi connectivity index (χ2v) is 2.51. The second-order valence-electron chi connectivity index (χ2n) is 2.51. The van der Waals surface area contributed by atoms with Gasteiger partial charge in [0.2, 0.25) is 0 Å². The summed E-state index contributed by atoms with van der Waals surface area (Å²) >= 11 is 0. The molecule has 0 radical (unpaired) electrons. The molecule has 1 N–H and O–H groups in total. The van der Waals surface area contributed by atoms with Gasteiger partial charge in [-0.3, -0.25) is 0 Å². The Kier molecular flexibility index (Phi) is 3.47. The van der Waals surface area contributed by atoms with E-state index in [4.69, 9.17) is 9.84 Å². The molecule has 0 fully saturated rings. The molecule has 0 aromatic carbocycles. The molecule has 1 aliphatic heterocycles. The van der Waals surface area contributed by atoms with Crippen LogP contribution in [-0.2, 0) is 4.74 Å². The van der Waals surface area contributed by atoms with Gasteiger partial charge in [0.1, 0.15) is 0 Å². The Labute approximate surface area is 61.5 Å². The van der Waals surface area contributed by atoms with E-state index in [0.717, 1.165) is 25.9 Å². The number of allylic oxidation sites excluding steroid dienone is 1. The Morgan fingerprint density at radius 2 is 2.20 bits per heavy atom. The third-order valence-electron chi connectivity index (χ3n) is 1.66. The van der Waals surface area contributed by atoms with E-state index in [2.05, 4.69) is 12.2 Å². The van der Waals surface area contributed by atoms with E-state index < -0.39 is 0 Å². The zero-order valence-corrected chi connectivity index (χ0v) is 6.12. The molecule has 0 aromatic heterocycles. The average molecular weight is 142 g/mol. The highest BCUT2D eigenvalue weighted by atomic mass is 16.5. The molecular weight excluding hydrogens is 128 g/mol. The van der Waals surface area contributed by atoms with Crippen molar-refractivity contribution in [3.8, 4) is 0 Å². The number of rotatable bonds is 1. The highest BCUT2D eigenvalue weighted by Gasteiger charge is 2.06. The van der Waals surface area contributed by atoms with Crippen molar-refractivity contribution in [1.82, 2.24) is 0 Å². The zero-order valence-electron chi connectivity index (χ0n) is 6.12. The van der Waals surface area contributed by atoms with Crippen molar-refractivity contribution in [3.05, 3.63) is 12.2 Å². The molecule has 1 aliphatic rings. The molecule has 0 bridgehead atoms. The first-order valence-corrected chi connectivity index (χ1v) is 3.81. The van der Waals surface area contributed by atoms with E-state index in [1.165, 1.54) is 0 Å². The Morgan fingerprint density at radius 1 is 1.40 bits per heavy atom. The fourth-order valence-electron chi connectivity index (χ4n) is 1.05. The van der Waals surface area contributed by atoms with Gasteiger partial charge in [-0.1, -0.05) is 12.2 Å². The first-order valence-electron chi connectivity index (χ1n) is 3.81. The molecule has 2 heteroatoms. The summed E-state index contributed by atoms with van der Waals surface area (Å²) < 4.78 is 5.33. The van der Waals surface area contributed by atoms with E-state index in [-0.39, 0.29) is 12.7 Å². The van der Waals surface area contributed by atoms with Gasteiger partial charge in [0, 0.05) is 0 Å². The van der Waals surface area contributed by atoms with Gasteiger partial charge in [0.15, 0.2) is 0 Å². The smallest absolute Gasteiger partial charge is 0.0808 e. The van der Waals surface area contributed by atoms with E-state index in [1.807, 2.05) is 0 Å². The van der Waals surface area contributed by atoms with Crippen LogP contribution in [0.1, 0.15) is 19.3 Å². The zero-order chi connectivity index (χ0) is 7.23. The monoisotopic (exact) mass is 142 g/mol. The topological polar surface area (TPSA) is 29.5 Å². The van der Waals surface area contributed by atoms with Crippen LogP contribution in [-0.4, -0.2) is 24.4 Å². The highest BCUT2D eigenvalue weighted by molar-refractivity contribution is 4.84. The van der Waals surface area contributed by atoms with Crippen molar-refractivity contribution < 1.29 is 9.84 Å². The number of hydrogen-bond donors (Lipinski definition) is 1. The maximum absolute atomic E-state index is 8.76. The first-order chi connectivity index (χ1) is 4.93. The SMILES string of the molecule is OC[C@H]1CC/C=C/CCO1. The van der Waals surface area contributed by atoms with Crippen LogP contribution in [0.3, 0.4) is 0 Å². The van der Waals surface area contributed by atoms with Gasteiger partial charge in [0.25, 0.3) is 0 Å². The summed E-state index contributed by atoms with van der Waals surface area (Å²) in [4.78, 5) is 0. The van der Waals surface area contributed by atoms with E-state index >= 15 is 0 Å². The Balaban J connectivity index is 2.27. The van der Waals surface area contributed by atoms with E-state index in [1.54, 1.807) is 0 Å². The lowest BCUT2D eigenvalue weighted by Gasteiger charge is -2.15. The number of aliphatic hydroxyl groups excluding tert-OH is 1. The van der Waals surface area contributed by atoms with Gasteiger partial charge in [-0.15, -0.1) is 0 Å². The Hall–Kier alpha value is -0.340. The van der Waals surface area contributed by atoms with Crippen molar-refractivity contribution in [2.45, 2.75) is 25.4 Å². The lowest BCUT2D eigenvalue weighted by atomic mass is 10.1. The van der Waals surface area contributed by atoms with Crippen molar-refractivity contribution in [3.63, 3.8) is 0 Å². The van der Waals surface area contributed by atoms with Crippen LogP contribution in [0.15, 0.2) is 12.2 Å². The van der Waals surface area contributed by atoms with E-state index in [0.29, 0.717) is 0 Å². The summed E-state index contributed by atoms with van der Waals surface area (Å²) in [6, 6.07) is 0. The summed E-state index contributed by atoms with van der Waals surface area (Å²) in [5.74, 6) is 0. The van der Waals surface area contributed by atoms with Crippen molar-refractivity contribution in [1.29, 1.82) is 0 Å². The molecule has 1 atom stereocenters. The van der Waals surface area contributed by atoms with Crippen molar-refractivity contribution in [2.24, 2.45) is 0 Å². The number of aliphatic hydroxyl groups is 1. The molecule has 0 saturated heterocycles. The van der Waals surface area contributed by atoms with Gasteiger partial charge in [-0.2, -0.15) is 0 Å². The Morgan fingerprint density at radius 3 is 3.00 bits per heavy atom. The summed E-state index contributed by atoms with van der Waals surface area (Å²) in [5, 5.41) is 8.76. The lowest BCUT2D eigenvalue weighted by molar-refractivity contribution is 0.00953. The van der Waals surface area contributed by atoms with Crippen LogP contribution < -0.4 is 0 Å². The maximum atomic E-state index is 8.76. The molecule has 58 valence electrons. The van der Waals surface area contributed by atoms with Crippen LogP contribution in [0, 0.1) is 0 Å². The molecule has 2 nitrogen and oxygen atoms in total. The largest absolute Gasteiger partial charge is 0.394 e. The van der Waals surface area contributed by atoms with Crippen LogP contribution in [0.5, 0.6) is 0 Å². The fourth-order valence-corrected chi connectivity index (χ4v) is 1.05. The van der Waals surface area contributed by atoms with Gasteiger partial charge in [-0.25, -0.2) is 0 Å². The average Bonchev–Trinajstić information content (AvgIpc) is 1.87. The standard InChI is InChI=1S/C8H14O2/c9-7-8-5-3-1-2-4-6-10-8/h1-2,8-9H,3-7H2/b2-1+/t8-/m1/s1. The minimum Gasteiger partial charge on any atom is -0.394 e. The summed E-state index contributed by atoms with van der Waals surface area (Å²) in [6.07, 6.45) is 7.33. The summed E-state index contributed by atoms with van der Waals surface area (Å²) in [7, 11) is 0. The molecular formula is C8H14O2. The minimum atomic E-state index is 0.0740. The molecule has 0 unspecified atom stereocenters. The normalized spacial score (nSPS) is 30.7. The second kappa shape index (κ2) is 4.47. The quantitative estimate of drug-likeness (QED) is 0.555. The van der Waals surface area contributed by atoms with E-state index in [9.17, 15) is 0 Å². The van der Waals surface area contributed by atoms with Crippen molar-refractivity contribution in [2.75, 3.05) is 13.2 Å². The van der Waals surface area contributed by atoms with Crippen LogP contribution in [0.4, 0.5) is 0 Å². The van der Waals surface area contributed by atoms with Crippen LogP contribution in [0.25, 0.3) is 0 Å². The predicted molar refractivity (Wildman–Crippen MR) is 39.8 cm³/mol. The Bertz CT molecular complexity index is 110. The molecule has 0 saturated carbocycles. The summed E-state index contributed by atoms with van der Waals surface area (Å²) in [5.41, 5.74) is 0. The van der Waals surface area contributed by atoms with Crippen molar-refractivity contribution >= 4 is 0 Å². The van der Waals surface area contributed by atoms with Crippen LogP contribution >= 0.6 is 0 Å². The number of ether oxygens (including phenoxy) is 1. The molecule has 0 spiro atoms.